The van der Waals surface area contributed by atoms with Crippen molar-refractivity contribution in [2.75, 3.05) is 6.61 Å². The molecule has 0 bridgehead atoms. The van der Waals surface area contributed by atoms with Gasteiger partial charge in [0, 0.05) is 6.61 Å². The molecule has 0 aliphatic carbocycles. The molecule has 15 heavy (non-hydrogen) atoms. The van der Waals surface area contributed by atoms with Gasteiger partial charge in [-0.25, -0.2) is 0 Å². The zero-order valence-corrected chi connectivity index (χ0v) is 11.3. The van der Waals surface area contributed by atoms with Gasteiger partial charge in [-0.15, -0.1) is 0 Å². The van der Waals surface area contributed by atoms with Gasteiger partial charge in [0.15, 0.2) is 0 Å². The first-order valence-corrected chi connectivity index (χ1v) is 6.09. The van der Waals surface area contributed by atoms with Crippen LogP contribution in [0.25, 0.3) is 0 Å². The van der Waals surface area contributed by atoms with E-state index in [-0.39, 0.29) is 12.0 Å². The molecule has 0 aliphatic rings. The van der Waals surface area contributed by atoms with Crippen molar-refractivity contribution in [3.05, 3.63) is 11.6 Å². The van der Waals surface area contributed by atoms with Gasteiger partial charge in [-0.1, -0.05) is 45.8 Å². The Morgan fingerprint density at radius 2 is 1.87 bits per heavy atom. The van der Waals surface area contributed by atoms with Crippen LogP contribution in [0.2, 0.25) is 0 Å². The maximum absolute atomic E-state index is 9.41. The number of rotatable bonds is 6. The third-order valence-electron chi connectivity index (χ3n) is 3.44. The molecule has 0 aromatic rings. The number of aliphatic hydroxyl groups excluding tert-OH is 1. The third kappa shape index (κ3) is 4.83. The predicted molar refractivity (Wildman–Crippen MR) is 67.9 cm³/mol. The molecule has 0 aromatic carbocycles. The summed E-state index contributed by atoms with van der Waals surface area (Å²) >= 11 is 0. The van der Waals surface area contributed by atoms with E-state index in [0.717, 1.165) is 12.8 Å². The van der Waals surface area contributed by atoms with Crippen molar-refractivity contribution >= 4 is 0 Å². The lowest BCUT2D eigenvalue weighted by molar-refractivity contribution is 0.0628. The average molecular weight is 212 g/mol. The molecule has 0 aromatic heterocycles. The Hall–Kier alpha value is -0.300. The van der Waals surface area contributed by atoms with Gasteiger partial charge in [0.25, 0.3) is 0 Å². The van der Waals surface area contributed by atoms with Crippen LogP contribution < -0.4 is 0 Å². The summed E-state index contributed by atoms with van der Waals surface area (Å²) in [4.78, 5) is 0. The minimum absolute atomic E-state index is 0.0453. The molecule has 1 N–H and O–H groups in total. The highest BCUT2D eigenvalue weighted by Crippen LogP contribution is 2.36. The van der Waals surface area contributed by atoms with Crippen LogP contribution in [0.4, 0.5) is 0 Å². The summed E-state index contributed by atoms with van der Waals surface area (Å²) in [6.07, 6.45) is 4.58. The van der Waals surface area contributed by atoms with Crippen LogP contribution in [-0.4, -0.2) is 11.7 Å². The minimum Gasteiger partial charge on any atom is -0.396 e. The molecule has 0 saturated heterocycles. The maximum atomic E-state index is 9.41. The van der Waals surface area contributed by atoms with E-state index in [2.05, 4.69) is 47.6 Å². The zero-order valence-electron chi connectivity index (χ0n) is 11.3. The summed E-state index contributed by atoms with van der Waals surface area (Å²) in [6.45, 7) is 13.4. The fourth-order valence-corrected chi connectivity index (χ4v) is 2.43. The third-order valence-corrected chi connectivity index (χ3v) is 3.44. The van der Waals surface area contributed by atoms with Crippen LogP contribution >= 0.6 is 0 Å². The van der Waals surface area contributed by atoms with Crippen molar-refractivity contribution in [3.8, 4) is 0 Å². The maximum Gasteiger partial charge on any atom is 0.0484 e. The second kappa shape index (κ2) is 6.32. The van der Waals surface area contributed by atoms with Crippen LogP contribution in [-0.2, 0) is 0 Å². The molecule has 90 valence electrons. The molecule has 0 amide bonds. The highest BCUT2D eigenvalue weighted by molar-refractivity contribution is 4.95. The van der Waals surface area contributed by atoms with E-state index < -0.39 is 0 Å². The van der Waals surface area contributed by atoms with E-state index in [0.29, 0.717) is 11.8 Å². The first-order valence-electron chi connectivity index (χ1n) is 6.09. The molecule has 0 fully saturated rings. The van der Waals surface area contributed by atoms with Crippen molar-refractivity contribution in [2.45, 2.75) is 54.4 Å². The van der Waals surface area contributed by atoms with Crippen LogP contribution in [0.3, 0.4) is 0 Å². The molecule has 2 atom stereocenters. The molecule has 0 saturated carbocycles. The van der Waals surface area contributed by atoms with E-state index in [1.54, 1.807) is 0 Å². The summed E-state index contributed by atoms with van der Waals surface area (Å²) in [5.41, 5.74) is 1.43. The fraction of sp³-hybridized carbons (Fsp3) is 0.857. The van der Waals surface area contributed by atoms with E-state index in [4.69, 9.17) is 0 Å². The summed E-state index contributed by atoms with van der Waals surface area (Å²) in [7, 11) is 0. The molecular formula is C14H28O. The topological polar surface area (TPSA) is 20.2 Å². The van der Waals surface area contributed by atoms with Crippen molar-refractivity contribution in [1.82, 2.24) is 0 Å². The smallest absolute Gasteiger partial charge is 0.0484 e. The fourth-order valence-electron chi connectivity index (χ4n) is 2.43. The van der Waals surface area contributed by atoms with Crippen LogP contribution in [0.5, 0.6) is 0 Å². The van der Waals surface area contributed by atoms with Gasteiger partial charge in [0.1, 0.15) is 0 Å². The molecule has 1 nitrogen and oxygen atoms in total. The van der Waals surface area contributed by atoms with Gasteiger partial charge in [0.05, 0.1) is 0 Å². The molecule has 1 heteroatoms. The monoisotopic (exact) mass is 212 g/mol. The Morgan fingerprint density at radius 1 is 1.33 bits per heavy atom. The molecule has 0 radical (unpaired) electrons. The van der Waals surface area contributed by atoms with E-state index in [1.165, 1.54) is 5.57 Å². The predicted octanol–water partition coefficient (Wildman–Crippen LogP) is 4.02. The highest BCUT2D eigenvalue weighted by Gasteiger charge is 2.30. The lowest BCUT2D eigenvalue weighted by atomic mass is 9.70. The lowest BCUT2D eigenvalue weighted by Crippen LogP contribution is -2.32. The van der Waals surface area contributed by atoms with E-state index >= 15 is 0 Å². The van der Waals surface area contributed by atoms with Gasteiger partial charge >= 0.3 is 0 Å². The number of allylic oxidation sites excluding steroid dienone is 2. The van der Waals surface area contributed by atoms with Crippen molar-refractivity contribution in [2.24, 2.45) is 17.3 Å². The standard InChI is InChI=1S/C14H28O/c1-7-13(14(5,6)10-15)12(4)9-8-11(2)3/h8,12-13,15H,7,9-10H2,1-6H3. The average Bonchev–Trinajstić information content (AvgIpc) is 2.15. The van der Waals surface area contributed by atoms with Crippen molar-refractivity contribution in [3.63, 3.8) is 0 Å². The quantitative estimate of drug-likeness (QED) is 0.659. The second-order valence-electron chi connectivity index (χ2n) is 5.66. The number of aliphatic hydroxyl groups is 1. The Labute approximate surface area is 95.6 Å². The normalized spacial score (nSPS) is 15.9. The van der Waals surface area contributed by atoms with Gasteiger partial charge < -0.3 is 5.11 Å². The van der Waals surface area contributed by atoms with Gasteiger partial charge in [-0.3, -0.25) is 0 Å². The molecule has 0 heterocycles. The van der Waals surface area contributed by atoms with Gasteiger partial charge in [0.2, 0.25) is 0 Å². The van der Waals surface area contributed by atoms with E-state index in [9.17, 15) is 5.11 Å². The zero-order chi connectivity index (χ0) is 12.1. The summed E-state index contributed by atoms with van der Waals surface area (Å²) in [6, 6.07) is 0. The Kier molecular flexibility index (Phi) is 6.19. The lowest BCUT2D eigenvalue weighted by Gasteiger charge is -2.36. The molecule has 0 aliphatic heterocycles. The van der Waals surface area contributed by atoms with Crippen LogP contribution in [0, 0.1) is 17.3 Å². The first-order chi connectivity index (χ1) is 6.85. The molecular weight excluding hydrogens is 184 g/mol. The summed E-state index contributed by atoms with van der Waals surface area (Å²) in [5, 5.41) is 9.41. The highest BCUT2D eigenvalue weighted by atomic mass is 16.3. The first kappa shape index (κ1) is 14.7. The summed E-state index contributed by atoms with van der Waals surface area (Å²) in [5.74, 6) is 1.24. The van der Waals surface area contributed by atoms with Crippen molar-refractivity contribution < 1.29 is 5.11 Å². The number of hydrogen-bond acceptors (Lipinski definition) is 1. The summed E-state index contributed by atoms with van der Waals surface area (Å²) < 4.78 is 0. The molecule has 0 rings (SSSR count). The van der Waals surface area contributed by atoms with Crippen LogP contribution in [0.15, 0.2) is 11.6 Å². The molecule has 0 spiro atoms. The minimum atomic E-state index is 0.0453. The van der Waals surface area contributed by atoms with Crippen LogP contribution in [0.1, 0.15) is 54.4 Å². The Bertz CT molecular complexity index is 199. The van der Waals surface area contributed by atoms with Gasteiger partial charge in [-0.05, 0) is 37.5 Å². The second-order valence-corrected chi connectivity index (χ2v) is 5.66. The van der Waals surface area contributed by atoms with Crippen molar-refractivity contribution in [1.29, 1.82) is 0 Å². The van der Waals surface area contributed by atoms with Gasteiger partial charge in [-0.2, -0.15) is 0 Å². The Morgan fingerprint density at radius 3 is 2.20 bits per heavy atom. The Balaban J connectivity index is 4.47. The SMILES string of the molecule is CCC(C(C)CC=C(C)C)C(C)(C)CO. The number of hydrogen-bond donors (Lipinski definition) is 1. The van der Waals surface area contributed by atoms with E-state index in [1.807, 2.05) is 0 Å². The largest absolute Gasteiger partial charge is 0.396 e. The molecule has 2 unspecified atom stereocenters.